The molecule has 2 nitrogen and oxygen atoms in total. The Kier molecular flexibility index (Phi) is 4.52. The maximum Gasteiger partial charge on any atom is 0.105 e. The minimum Gasteiger partial charge on any atom is -0.376 e. The van der Waals surface area contributed by atoms with Crippen LogP contribution in [0.4, 0.5) is 0 Å². The standard InChI is InChI=1S/C13H23IO2/c1-10(2)11-3-5-13(9-14,6-4-11)16-12-7-15-8-12/h10-12H,3-9H2,1-2H3. The van der Waals surface area contributed by atoms with Gasteiger partial charge in [-0.3, -0.25) is 0 Å². The highest BCUT2D eigenvalue weighted by Gasteiger charge is 2.39. The molecule has 94 valence electrons. The van der Waals surface area contributed by atoms with Crippen molar-refractivity contribution in [3.05, 3.63) is 0 Å². The van der Waals surface area contributed by atoms with Gasteiger partial charge in [0.2, 0.25) is 0 Å². The average Bonchev–Trinajstić information content (AvgIpc) is 2.24. The summed E-state index contributed by atoms with van der Waals surface area (Å²) in [7, 11) is 0. The van der Waals surface area contributed by atoms with E-state index < -0.39 is 0 Å². The number of hydrogen-bond acceptors (Lipinski definition) is 2. The highest BCUT2D eigenvalue weighted by Crippen LogP contribution is 2.40. The van der Waals surface area contributed by atoms with Crippen LogP contribution < -0.4 is 0 Å². The number of ether oxygens (including phenoxy) is 2. The molecule has 2 rings (SSSR count). The average molecular weight is 338 g/mol. The van der Waals surface area contributed by atoms with Crippen molar-refractivity contribution >= 4 is 22.6 Å². The highest BCUT2D eigenvalue weighted by atomic mass is 127. The van der Waals surface area contributed by atoms with E-state index in [0.29, 0.717) is 6.10 Å². The summed E-state index contributed by atoms with van der Waals surface area (Å²) in [5, 5.41) is 0. The summed E-state index contributed by atoms with van der Waals surface area (Å²) in [5.74, 6) is 1.75. The maximum atomic E-state index is 6.26. The Bertz CT molecular complexity index is 218. The first-order valence-electron chi connectivity index (χ1n) is 6.47. The molecule has 1 saturated carbocycles. The second-order valence-corrected chi connectivity index (χ2v) is 6.44. The molecule has 1 heterocycles. The van der Waals surface area contributed by atoms with Gasteiger partial charge in [0.15, 0.2) is 0 Å². The van der Waals surface area contributed by atoms with Gasteiger partial charge in [0.05, 0.1) is 18.8 Å². The van der Waals surface area contributed by atoms with E-state index in [9.17, 15) is 0 Å². The smallest absolute Gasteiger partial charge is 0.105 e. The Balaban J connectivity index is 1.86. The van der Waals surface area contributed by atoms with E-state index in [1.54, 1.807) is 0 Å². The van der Waals surface area contributed by atoms with E-state index in [0.717, 1.165) is 29.5 Å². The van der Waals surface area contributed by atoms with Crippen LogP contribution in [-0.4, -0.2) is 29.3 Å². The molecule has 2 fully saturated rings. The largest absolute Gasteiger partial charge is 0.376 e. The van der Waals surface area contributed by atoms with Crippen molar-refractivity contribution in [1.82, 2.24) is 0 Å². The summed E-state index contributed by atoms with van der Waals surface area (Å²) in [6, 6.07) is 0. The van der Waals surface area contributed by atoms with Crippen molar-refractivity contribution in [2.45, 2.75) is 51.2 Å². The third-order valence-corrected chi connectivity index (χ3v) is 5.54. The molecule has 0 spiro atoms. The first-order valence-corrected chi connectivity index (χ1v) is 7.99. The van der Waals surface area contributed by atoms with Gasteiger partial charge in [-0.05, 0) is 37.5 Å². The molecule has 0 aromatic carbocycles. The lowest BCUT2D eigenvalue weighted by Crippen LogP contribution is -2.48. The van der Waals surface area contributed by atoms with Crippen molar-refractivity contribution in [2.75, 3.05) is 17.6 Å². The zero-order valence-electron chi connectivity index (χ0n) is 10.4. The van der Waals surface area contributed by atoms with E-state index in [1.807, 2.05) is 0 Å². The molecule has 0 atom stereocenters. The molecule has 2 aliphatic rings. The highest BCUT2D eigenvalue weighted by molar-refractivity contribution is 14.1. The van der Waals surface area contributed by atoms with Crippen molar-refractivity contribution in [3.8, 4) is 0 Å². The molecule has 0 aromatic rings. The molecule has 0 amide bonds. The Labute approximate surface area is 113 Å². The molecule has 1 aliphatic heterocycles. The van der Waals surface area contributed by atoms with Gasteiger partial charge < -0.3 is 9.47 Å². The van der Waals surface area contributed by atoms with Gasteiger partial charge in [0.25, 0.3) is 0 Å². The zero-order chi connectivity index (χ0) is 11.6. The van der Waals surface area contributed by atoms with Crippen LogP contribution in [0.2, 0.25) is 0 Å². The summed E-state index contributed by atoms with van der Waals surface area (Å²) in [4.78, 5) is 0. The van der Waals surface area contributed by atoms with E-state index in [1.165, 1.54) is 25.7 Å². The molecular weight excluding hydrogens is 315 g/mol. The molecule has 0 bridgehead atoms. The van der Waals surface area contributed by atoms with E-state index in [-0.39, 0.29) is 5.60 Å². The fourth-order valence-corrected chi connectivity index (χ4v) is 3.69. The molecule has 16 heavy (non-hydrogen) atoms. The lowest BCUT2D eigenvalue weighted by atomic mass is 9.75. The number of halogens is 1. The van der Waals surface area contributed by atoms with Crippen molar-refractivity contribution < 1.29 is 9.47 Å². The van der Waals surface area contributed by atoms with Crippen LogP contribution >= 0.6 is 22.6 Å². The third kappa shape index (κ3) is 2.91. The summed E-state index contributed by atoms with van der Waals surface area (Å²) < 4.78 is 12.6. The number of rotatable bonds is 4. The van der Waals surface area contributed by atoms with Gasteiger partial charge in [0, 0.05) is 4.43 Å². The fraction of sp³-hybridized carbons (Fsp3) is 1.00. The maximum absolute atomic E-state index is 6.26. The minimum absolute atomic E-state index is 0.167. The Hall–Kier alpha value is 0.650. The molecule has 3 heteroatoms. The first kappa shape index (κ1) is 13.1. The summed E-state index contributed by atoms with van der Waals surface area (Å²) in [6.45, 7) is 6.32. The van der Waals surface area contributed by atoms with Crippen molar-refractivity contribution in [3.63, 3.8) is 0 Å². The van der Waals surface area contributed by atoms with Gasteiger partial charge in [-0.25, -0.2) is 0 Å². The monoisotopic (exact) mass is 338 g/mol. The quantitative estimate of drug-likeness (QED) is 0.578. The molecule has 0 N–H and O–H groups in total. The van der Waals surface area contributed by atoms with E-state index >= 15 is 0 Å². The summed E-state index contributed by atoms with van der Waals surface area (Å²) in [5.41, 5.74) is 0.167. The number of hydrogen-bond donors (Lipinski definition) is 0. The Morgan fingerprint density at radius 3 is 2.31 bits per heavy atom. The third-order valence-electron chi connectivity index (χ3n) is 4.15. The SMILES string of the molecule is CC(C)C1CCC(CI)(OC2COC2)CC1. The summed E-state index contributed by atoms with van der Waals surface area (Å²) in [6.07, 6.45) is 5.55. The van der Waals surface area contributed by atoms with Crippen LogP contribution in [-0.2, 0) is 9.47 Å². The second-order valence-electron chi connectivity index (χ2n) is 5.68. The molecule has 0 radical (unpaired) electrons. The first-order chi connectivity index (χ1) is 7.65. The summed E-state index contributed by atoms with van der Waals surface area (Å²) >= 11 is 2.49. The molecular formula is C13H23IO2. The molecule has 0 unspecified atom stereocenters. The molecule has 0 aromatic heterocycles. The van der Waals surface area contributed by atoms with Crippen LogP contribution in [0.15, 0.2) is 0 Å². The molecule has 1 aliphatic carbocycles. The van der Waals surface area contributed by atoms with Crippen molar-refractivity contribution in [2.24, 2.45) is 11.8 Å². The Morgan fingerprint density at radius 2 is 1.94 bits per heavy atom. The lowest BCUT2D eigenvalue weighted by molar-refractivity contribution is -0.196. The van der Waals surface area contributed by atoms with Crippen LogP contribution in [0.3, 0.4) is 0 Å². The predicted octanol–water partition coefficient (Wildman–Crippen LogP) is 3.42. The normalized spacial score (nSPS) is 36.4. The second kappa shape index (κ2) is 5.53. The van der Waals surface area contributed by atoms with Gasteiger partial charge >= 0.3 is 0 Å². The van der Waals surface area contributed by atoms with Crippen LogP contribution in [0.25, 0.3) is 0 Å². The predicted molar refractivity (Wildman–Crippen MR) is 74.1 cm³/mol. The molecule has 1 saturated heterocycles. The topological polar surface area (TPSA) is 18.5 Å². The van der Waals surface area contributed by atoms with Crippen LogP contribution in [0, 0.1) is 11.8 Å². The Morgan fingerprint density at radius 1 is 1.31 bits per heavy atom. The lowest BCUT2D eigenvalue weighted by Gasteiger charge is -2.44. The van der Waals surface area contributed by atoms with Crippen molar-refractivity contribution in [1.29, 1.82) is 0 Å². The van der Waals surface area contributed by atoms with E-state index in [4.69, 9.17) is 9.47 Å². The van der Waals surface area contributed by atoms with Gasteiger partial charge in [-0.15, -0.1) is 0 Å². The fourth-order valence-electron chi connectivity index (χ4n) is 2.75. The van der Waals surface area contributed by atoms with E-state index in [2.05, 4.69) is 36.4 Å². The van der Waals surface area contributed by atoms with Crippen LogP contribution in [0.1, 0.15) is 39.5 Å². The number of alkyl halides is 1. The van der Waals surface area contributed by atoms with Gasteiger partial charge in [-0.2, -0.15) is 0 Å². The van der Waals surface area contributed by atoms with Gasteiger partial charge in [-0.1, -0.05) is 36.4 Å². The van der Waals surface area contributed by atoms with Crippen LogP contribution in [0.5, 0.6) is 0 Å². The van der Waals surface area contributed by atoms with Gasteiger partial charge in [0.1, 0.15) is 6.10 Å². The minimum atomic E-state index is 0.167. The zero-order valence-corrected chi connectivity index (χ0v) is 12.5.